The number of carbonyl (C=O) groups excluding carboxylic acids is 2. The molecular formula is C19H19NO3S. The summed E-state index contributed by atoms with van der Waals surface area (Å²) in [5.41, 5.74) is 0.598. The van der Waals surface area contributed by atoms with Crippen LogP contribution in [0.25, 0.3) is 6.08 Å². The van der Waals surface area contributed by atoms with Crippen molar-refractivity contribution in [3.05, 3.63) is 58.3 Å². The highest BCUT2D eigenvalue weighted by Gasteiger charge is 2.18. The first-order valence-corrected chi connectivity index (χ1v) is 8.87. The number of allylic oxidation sites excluding steroid dienone is 1. The first kappa shape index (κ1) is 16.5. The van der Waals surface area contributed by atoms with Gasteiger partial charge < -0.3 is 9.64 Å². The molecule has 1 aliphatic heterocycles. The minimum Gasteiger partial charge on any atom is -0.484 e. The molecule has 0 radical (unpaired) electrons. The number of ketones is 1. The van der Waals surface area contributed by atoms with Gasteiger partial charge in [-0.1, -0.05) is 6.07 Å². The Hall–Kier alpha value is -2.40. The van der Waals surface area contributed by atoms with E-state index in [0.717, 1.165) is 30.8 Å². The molecule has 124 valence electrons. The maximum atomic E-state index is 12.1. The van der Waals surface area contributed by atoms with Gasteiger partial charge in [0.05, 0.1) is 0 Å². The first-order valence-electron chi connectivity index (χ1n) is 7.99. The maximum Gasteiger partial charge on any atom is 0.260 e. The van der Waals surface area contributed by atoms with Gasteiger partial charge in [-0.05, 0) is 60.7 Å². The van der Waals surface area contributed by atoms with Gasteiger partial charge in [-0.25, -0.2) is 0 Å². The molecule has 0 saturated carbocycles. The summed E-state index contributed by atoms with van der Waals surface area (Å²) in [6, 6.07) is 10.8. The zero-order chi connectivity index (χ0) is 16.8. The van der Waals surface area contributed by atoms with Crippen LogP contribution in [0, 0.1) is 0 Å². The minimum absolute atomic E-state index is 0.0199. The topological polar surface area (TPSA) is 46.6 Å². The average Bonchev–Trinajstić information content (AvgIpc) is 3.31. The van der Waals surface area contributed by atoms with Gasteiger partial charge in [-0.3, -0.25) is 9.59 Å². The van der Waals surface area contributed by atoms with Crippen molar-refractivity contribution in [1.82, 2.24) is 4.90 Å². The highest BCUT2D eigenvalue weighted by Crippen LogP contribution is 2.15. The van der Waals surface area contributed by atoms with Gasteiger partial charge in [0.15, 0.2) is 12.4 Å². The summed E-state index contributed by atoms with van der Waals surface area (Å²) in [6.07, 6.45) is 5.52. The molecule has 1 fully saturated rings. The van der Waals surface area contributed by atoms with Crippen molar-refractivity contribution in [2.75, 3.05) is 19.7 Å². The van der Waals surface area contributed by atoms with E-state index in [1.807, 2.05) is 28.5 Å². The molecule has 1 amide bonds. The molecular weight excluding hydrogens is 322 g/mol. The number of ether oxygens (including phenoxy) is 1. The van der Waals surface area contributed by atoms with E-state index < -0.39 is 0 Å². The highest BCUT2D eigenvalue weighted by atomic mass is 32.1. The van der Waals surface area contributed by atoms with Crippen LogP contribution in [0.4, 0.5) is 0 Å². The van der Waals surface area contributed by atoms with Crippen LogP contribution in [-0.4, -0.2) is 36.3 Å². The molecule has 0 atom stereocenters. The Morgan fingerprint density at radius 2 is 1.88 bits per heavy atom. The zero-order valence-corrected chi connectivity index (χ0v) is 14.1. The van der Waals surface area contributed by atoms with Crippen LogP contribution in [-0.2, 0) is 4.79 Å². The van der Waals surface area contributed by atoms with Crippen molar-refractivity contribution in [2.45, 2.75) is 12.8 Å². The fourth-order valence-electron chi connectivity index (χ4n) is 2.56. The number of nitrogens with zero attached hydrogens (tertiary/aromatic N) is 1. The summed E-state index contributed by atoms with van der Waals surface area (Å²) in [7, 11) is 0. The number of rotatable bonds is 6. The molecule has 0 N–H and O–H groups in total. The molecule has 4 nitrogen and oxygen atoms in total. The van der Waals surface area contributed by atoms with Gasteiger partial charge in [0.1, 0.15) is 5.75 Å². The van der Waals surface area contributed by atoms with Crippen molar-refractivity contribution in [2.24, 2.45) is 0 Å². The van der Waals surface area contributed by atoms with Gasteiger partial charge in [0.25, 0.3) is 5.91 Å². The van der Waals surface area contributed by atoms with E-state index in [2.05, 4.69) is 0 Å². The number of thiophene rings is 1. The molecule has 2 heterocycles. The lowest BCUT2D eigenvalue weighted by atomic mass is 10.1. The van der Waals surface area contributed by atoms with Crippen molar-refractivity contribution < 1.29 is 14.3 Å². The summed E-state index contributed by atoms with van der Waals surface area (Å²) in [5, 5.41) is 1.97. The molecule has 0 spiro atoms. The largest absolute Gasteiger partial charge is 0.484 e. The van der Waals surface area contributed by atoms with Gasteiger partial charge in [0.2, 0.25) is 0 Å². The third-order valence-corrected chi connectivity index (χ3v) is 4.74. The Morgan fingerprint density at radius 3 is 2.54 bits per heavy atom. The van der Waals surface area contributed by atoms with Crippen LogP contribution in [0.3, 0.4) is 0 Å². The molecule has 2 aromatic rings. The van der Waals surface area contributed by atoms with Crippen LogP contribution >= 0.6 is 11.3 Å². The molecule has 1 aromatic carbocycles. The van der Waals surface area contributed by atoms with E-state index in [-0.39, 0.29) is 18.3 Å². The smallest absolute Gasteiger partial charge is 0.260 e. The highest BCUT2D eigenvalue weighted by molar-refractivity contribution is 7.10. The third kappa shape index (κ3) is 4.32. The second-order valence-corrected chi connectivity index (χ2v) is 6.59. The van der Waals surface area contributed by atoms with Crippen LogP contribution in [0.5, 0.6) is 5.75 Å². The minimum atomic E-state index is -0.0527. The molecule has 1 saturated heterocycles. The van der Waals surface area contributed by atoms with Crippen LogP contribution in [0.1, 0.15) is 28.1 Å². The van der Waals surface area contributed by atoms with E-state index >= 15 is 0 Å². The molecule has 24 heavy (non-hydrogen) atoms. The molecule has 1 aliphatic rings. The summed E-state index contributed by atoms with van der Waals surface area (Å²) in [4.78, 5) is 26.9. The zero-order valence-electron chi connectivity index (χ0n) is 13.3. The fraction of sp³-hybridized carbons (Fsp3) is 0.263. The Kier molecular flexibility index (Phi) is 5.43. The number of hydrogen-bond acceptors (Lipinski definition) is 4. The predicted octanol–water partition coefficient (Wildman–Crippen LogP) is 3.65. The van der Waals surface area contributed by atoms with Gasteiger partial charge in [0, 0.05) is 23.5 Å². The Balaban J connectivity index is 1.53. The molecule has 1 aromatic heterocycles. The normalized spacial score (nSPS) is 14.2. The van der Waals surface area contributed by atoms with Crippen molar-refractivity contribution in [3.8, 4) is 5.75 Å². The molecule has 5 heteroatoms. The van der Waals surface area contributed by atoms with Crippen molar-refractivity contribution in [3.63, 3.8) is 0 Å². The van der Waals surface area contributed by atoms with E-state index in [0.29, 0.717) is 11.3 Å². The fourth-order valence-corrected chi connectivity index (χ4v) is 3.18. The maximum absolute atomic E-state index is 12.1. The van der Waals surface area contributed by atoms with Crippen LogP contribution < -0.4 is 4.74 Å². The van der Waals surface area contributed by atoms with E-state index in [9.17, 15) is 9.59 Å². The van der Waals surface area contributed by atoms with Crippen LogP contribution in [0.15, 0.2) is 47.9 Å². The van der Waals surface area contributed by atoms with Crippen LogP contribution in [0.2, 0.25) is 0 Å². The van der Waals surface area contributed by atoms with E-state index in [1.54, 1.807) is 41.7 Å². The Labute approximate surface area is 145 Å². The van der Waals surface area contributed by atoms with Crippen molar-refractivity contribution >= 4 is 29.1 Å². The lowest BCUT2D eigenvalue weighted by molar-refractivity contribution is -0.132. The quantitative estimate of drug-likeness (QED) is 0.595. The molecule has 0 unspecified atom stereocenters. The number of likely N-dealkylation sites (tertiary alicyclic amines) is 1. The molecule has 0 aliphatic carbocycles. The lowest BCUT2D eigenvalue weighted by Crippen LogP contribution is -2.32. The summed E-state index contributed by atoms with van der Waals surface area (Å²) in [5.74, 6) is 0.566. The van der Waals surface area contributed by atoms with Gasteiger partial charge >= 0.3 is 0 Å². The molecule has 3 rings (SSSR count). The first-order chi connectivity index (χ1) is 11.7. The standard InChI is InChI=1S/C19H19NO3S/c21-18(10-9-17-4-3-13-24-17)15-5-7-16(8-6-15)23-14-19(22)20-11-1-2-12-20/h3-10,13H,1-2,11-12,14H2/b10-9+. The second kappa shape index (κ2) is 7.93. The summed E-state index contributed by atoms with van der Waals surface area (Å²) >= 11 is 1.59. The lowest BCUT2D eigenvalue weighted by Gasteiger charge is -2.15. The second-order valence-electron chi connectivity index (χ2n) is 5.61. The van der Waals surface area contributed by atoms with Gasteiger partial charge in [-0.2, -0.15) is 0 Å². The average molecular weight is 341 g/mol. The predicted molar refractivity (Wildman–Crippen MR) is 95.4 cm³/mol. The Morgan fingerprint density at radius 1 is 1.12 bits per heavy atom. The summed E-state index contributed by atoms with van der Waals surface area (Å²) in [6.45, 7) is 1.70. The third-order valence-electron chi connectivity index (χ3n) is 3.90. The monoisotopic (exact) mass is 341 g/mol. The van der Waals surface area contributed by atoms with Crippen molar-refractivity contribution in [1.29, 1.82) is 0 Å². The number of benzene rings is 1. The Bertz CT molecular complexity index is 714. The van der Waals surface area contributed by atoms with Gasteiger partial charge in [-0.15, -0.1) is 11.3 Å². The number of hydrogen-bond donors (Lipinski definition) is 0. The van der Waals surface area contributed by atoms with E-state index in [1.165, 1.54) is 0 Å². The summed E-state index contributed by atoms with van der Waals surface area (Å²) < 4.78 is 5.51. The molecule has 0 bridgehead atoms. The SMILES string of the molecule is O=C(/C=C/c1cccs1)c1ccc(OCC(=O)N2CCCC2)cc1. The number of amides is 1. The van der Waals surface area contributed by atoms with E-state index in [4.69, 9.17) is 4.74 Å². The number of carbonyl (C=O) groups is 2.